The molecule has 0 radical (unpaired) electrons. The lowest BCUT2D eigenvalue weighted by molar-refractivity contribution is -0.228. The van der Waals surface area contributed by atoms with E-state index in [0.717, 1.165) is 12.5 Å². The fourth-order valence-corrected chi connectivity index (χ4v) is 2.18. The summed E-state index contributed by atoms with van der Waals surface area (Å²) in [5, 5.41) is 0. The van der Waals surface area contributed by atoms with Crippen LogP contribution in [0.5, 0.6) is 0 Å². The van der Waals surface area contributed by atoms with Crippen LogP contribution in [0.25, 0.3) is 0 Å². The molecule has 0 amide bonds. The van der Waals surface area contributed by atoms with Crippen molar-refractivity contribution in [3.05, 3.63) is 12.5 Å². The number of rotatable bonds is 12. The average Bonchev–Trinajstić information content (AvgIpc) is 3.27. The van der Waals surface area contributed by atoms with E-state index in [1.165, 1.54) is 27.7 Å². The number of carbonyl (C=O) groups excluding carboxylic acids is 6. The smallest absolute Gasteiger partial charge is 0.452 e. The van der Waals surface area contributed by atoms with Gasteiger partial charge in [-0.1, -0.05) is 0 Å². The Balaban J connectivity index is 3.17. The second-order valence-corrected chi connectivity index (χ2v) is 5.70. The van der Waals surface area contributed by atoms with Crippen LogP contribution in [-0.4, -0.2) is 80.2 Å². The Morgan fingerprint density at radius 2 is 0.879 bits per heavy atom. The van der Waals surface area contributed by atoms with Crippen molar-refractivity contribution in [1.82, 2.24) is 0 Å². The predicted octanol–water partition coefficient (Wildman–Crippen LogP) is -0.723. The first kappa shape index (κ1) is 27.2. The molecular formula is C19H24O14. The van der Waals surface area contributed by atoms with Gasteiger partial charge in [-0.25, -0.2) is 28.8 Å². The van der Waals surface area contributed by atoms with E-state index in [1.807, 2.05) is 0 Å². The lowest BCUT2D eigenvalue weighted by atomic mass is 10.2. The molecule has 33 heavy (non-hydrogen) atoms. The minimum atomic E-state index is -3.06. The normalized spacial score (nSPS) is 13.4. The van der Waals surface area contributed by atoms with Gasteiger partial charge in [0.1, 0.15) is 12.5 Å². The highest BCUT2D eigenvalue weighted by molar-refractivity contribution is 6.08. The second kappa shape index (κ2) is 12.9. The van der Waals surface area contributed by atoms with Crippen molar-refractivity contribution in [1.29, 1.82) is 0 Å². The van der Waals surface area contributed by atoms with Crippen LogP contribution in [-0.2, 0) is 66.7 Å². The topological polar surface area (TPSA) is 176 Å². The number of hydrogen-bond acceptors (Lipinski definition) is 14. The highest BCUT2D eigenvalue weighted by Gasteiger charge is 2.59. The van der Waals surface area contributed by atoms with Crippen molar-refractivity contribution in [2.75, 3.05) is 26.4 Å². The van der Waals surface area contributed by atoms with Crippen LogP contribution in [0, 0.1) is 0 Å². The first-order valence-corrected chi connectivity index (χ1v) is 9.77. The van der Waals surface area contributed by atoms with Gasteiger partial charge in [0.15, 0.2) is 0 Å². The zero-order valence-electron chi connectivity index (χ0n) is 18.4. The van der Waals surface area contributed by atoms with Gasteiger partial charge in [0, 0.05) is 0 Å². The molecule has 0 spiro atoms. The molecule has 0 fully saturated rings. The van der Waals surface area contributed by atoms with Gasteiger partial charge in [-0.2, -0.15) is 0 Å². The Morgan fingerprint density at radius 3 is 1.12 bits per heavy atom. The molecule has 0 aromatic rings. The van der Waals surface area contributed by atoms with Crippen LogP contribution in [0.15, 0.2) is 12.5 Å². The van der Waals surface area contributed by atoms with Crippen molar-refractivity contribution in [2.45, 2.75) is 45.7 Å². The van der Waals surface area contributed by atoms with Crippen molar-refractivity contribution >= 4 is 35.8 Å². The summed E-state index contributed by atoms with van der Waals surface area (Å²) in [5.41, 5.74) is 0. The van der Waals surface area contributed by atoms with E-state index in [-0.39, 0.29) is 26.4 Å². The van der Waals surface area contributed by atoms with Crippen LogP contribution in [0.3, 0.4) is 0 Å². The van der Waals surface area contributed by atoms with E-state index < -0.39 is 53.8 Å². The van der Waals surface area contributed by atoms with Crippen molar-refractivity contribution in [3.8, 4) is 0 Å². The van der Waals surface area contributed by atoms with E-state index >= 15 is 0 Å². The van der Waals surface area contributed by atoms with E-state index in [4.69, 9.17) is 18.9 Å². The molecule has 0 unspecified atom stereocenters. The molecule has 0 atom stereocenters. The average molecular weight is 476 g/mol. The molecule has 1 heterocycles. The summed E-state index contributed by atoms with van der Waals surface area (Å²) in [4.78, 5) is 73.7. The number of ether oxygens (including phenoxy) is 8. The maximum atomic E-state index is 12.7. The van der Waals surface area contributed by atoms with Crippen molar-refractivity contribution in [3.63, 3.8) is 0 Å². The molecule has 14 nitrogen and oxygen atoms in total. The summed E-state index contributed by atoms with van der Waals surface area (Å²) in [6.45, 7) is 5.03. The third-order valence-corrected chi connectivity index (χ3v) is 3.51. The zero-order chi connectivity index (χ0) is 25.0. The summed E-state index contributed by atoms with van der Waals surface area (Å²) < 4.78 is 37.9. The summed E-state index contributed by atoms with van der Waals surface area (Å²) >= 11 is 0. The van der Waals surface area contributed by atoms with E-state index in [1.54, 1.807) is 0 Å². The van der Waals surface area contributed by atoms with Gasteiger partial charge in [0.25, 0.3) is 12.2 Å². The maximum absolute atomic E-state index is 12.7. The Labute approximate surface area is 187 Å². The predicted molar refractivity (Wildman–Crippen MR) is 100 cm³/mol. The molecule has 0 saturated heterocycles. The molecule has 184 valence electrons. The van der Waals surface area contributed by atoms with Crippen LogP contribution in [0.2, 0.25) is 0 Å². The minimum absolute atomic E-state index is 0.172. The molecule has 1 aliphatic heterocycles. The van der Waals surface area contributed by atoms with Crippen molar-refractivity contribution in [2.24, 2.45) is 0 Å². The Kier molecular flexibility index (Phi) is 10.6. The summed E-state index contributed by atoms with van der Waals surface area (Å²) in [6, 6.07) is 0. The molecule has 0 aromatic heterocycles. The molecule has 0 bridgehead atoms. The lowest BCUT2D eigenvalue weighted by Gasteiger charge is -2.26. The monoisotopic (exact) mass is 476 g/mol. The fourth-order valence-electron chi connectivity index (χ4n) is 2.18. The van der Waals surface area contributed by atoms with Crippen LogP contribution >= 0.6 is 0 Å². The fraction of sp³-hybridized carbons (Fsp3) is 0.579. The SMILES string of the molecule is CCOC(=O)C(OC(=O)C1(C(=O)OC(C(=O)OCC)C(=O)OCC)OC=CO1)C(=O)OCC. The first-order valence-electron chi connectivity index (χ1n) is 9.77. The molecular weight excluding hydrogens is 452 g/mol. The van der Waals surface area contributed by atoms with Gasteiger partial charge in [0.05, 0.1) is 26.4 Å². The highest BCUT2D eigenvalue weighted by Crippen LogP contribution is 2.26. The third-order valence-electron chi connectivity index (χ3n) is 3.51. The number of esters is 6. The van der Waals surface area contributed by atoms with Crippen LogP contribution in [0.4, 0.5) is 0 Å². The largest absolute Gasteiger partial charge is 0.463 e. The molecule has 1 rings (SSSR count). The van der Waals surface area contributed by atoms with Gasteiger partial charge in [-0.3, -0.25) is 0 Å². The van der Waals surface area contributed by atoms with Gasteiger partial charge in [-0.05, 0) is 27.7 Å². The number of carbonyl (C=O) groups is 6. The van der Waals surface area contributed by atoms with Crippen LogP contribution < -0.4 is 0 Å². The van der Waals surface area contributed by atoms with E-state index in [9.17, 15) is 28.8 Å². The number of hydrogen-bond donors (Lipinski definition) is 0. The van der Waals surface area contributed by atoms with Gasteiger partial charge in [-0.15, -0.1) is 0 Å². The summed E-state index contributed by atoms with van der Waals surface area (Å²) in [7, 11) is 0. The highest BCUT2D eigenvalue weighted by atomic mass is 16.8. The molecule has 0 aromatic carbocycles. The lowest BCUT2D eigenvalue weighted by Crippen LogP contribution is -2.54. The first-order chi connectivity index (χ1) is 15.7. The third kappa shape index (κ3) is 6.82. The minimum Gasteiger partial charge on any atom is -0.463 e. The molecule has 1 aliphatic rings. The van der Waals surface area contributed by atoms with E-state index in [2.05, 4.69) is 18.9 Å². The van der Waals surface area contributed by atoms with Gasteiger partial charge >= 0.3 is 41.6 Å². The Bertz CT molecular complexity index is 685. The molecule has 14 heteroatoms. The standard InChI is InChI=1S/C19H24O14/c1-5-26-13(20)11(14(21)27-6-2)32-17(24)19(30-9-10-31-19)18(25)33-12(15(22)28-7-3)16(23)29-8-4/h9-12H,5-8H2,1-4H3. The quantitative estimate of drug-likeness (QED) is 0.196. The maximum Gasteiger partial charge on any atom is 0.452 e. The molecule has 0 saturated carbocycles. The molecule has 0 N–H and O–H groups in total. The second-order valence-electron chi connectivity index (χ2n) is 5.70. The van der Waals surface area contributed by atoms with Gasteiger partial charge in [0.2, 0.25) is 0 Å². The Morgan fingerprint density at radius 1 is 0.606 bits per heavy atom. The van der Waals surface area contributed by atoms with E-state index in [0.29, 0.717) is 0 Å². The Hall–Kier alpha value is -3.84. The summed E-state index contributed by atoms with van der Waals surface area (Å²) in [6.07, 6.45) is -2.98. The molecule has 0 aliphatic carbocycles. The van der Waals surface area contributed by atoms with Gasteiger partial charge < -0.3 is 37.9 Å². The van der Waals surface area contributed by atoms with Crippen LogP contribution in [0.1, 0.15) is 27.7 Å². The summed E-state index contributed by atoms with van der Waals surface area (Å²) in [5.74, 6) is -11.7. The zero-order valence-corrected chi connectivity index (χ0v) is 18.4. The van der Waals surface area contributed by atoms with Crippen molar-refractivity contribution < 1.29 is 66.7 Å².